The van der Waals surface area contributed by atoms with Gasteiger partial charge < -0.3 is 5.32 Å². The first-order valence-electron chi connectivity index (χ1n) is 11.9. The third kappa shape index (κ3) is 3.18. The number of imide groups is 1. The molecule has 3 aromatic rings. The molecule has 4 amide bonds. The van der Waals surface area contributed by atoms with Crippen LogP contribution < -0.4 is 5.32 Å². The highest BCUT2D eigenvalue weighted by Gasteiger charge is 2.68. The summed E-state index contributed by atoms with van der Waals surface area (Å²) in [5, 5.41) is 6.21. The predicted molar refractivity (Wildman–Crippen MR) is 130 cm³/mol. The topological polar surface area (TPSA) is 90.0 Å². The van der Waals surface area contributed by atoms with Gasteiger partial charge in [-0.25, -0.2) is 0 Å². The molecule has 3 saturated heterocycles. The van der Waals surface area contributed by atoms with Crippen molar-refractivity contribution in [2.24, 2.45) is 5.92 Å². The van der Waals surface area contributed by atoms with Crippen LogP contribution in [-0.4, -0.2) is 57.7 Å². The monoisotopic (exact) mass is 480 g/mol. The predicted octanol–water partition coefficient (Wildman–Crippen LogP) is 2.32. The van der Waals surface area contributed by atoms with E-state index in [0.29, 0.717) is 5.56 Å². The van der Waals surface area contributed by atoms with Gasteiger partial charge in [0.2, 0.25) is 5.91 Å². The standard InChI is InChI=1S/C28H24N4O4/c1-30-26(34)20-22(17-11-5-2-6-12-17)31-23(18-13-7-3-8-14-18)21(27(35)32(31)24(20)28(30)36)29-25(33)19-15-9-4-10-16-19/h2-16,20-24H,1H3,(H,29,33)/t20-,21-,22+,23-,24+/m1/s1. The van der Waals surface area contributed by atoms with Gasteiger partial charge >= 0.3 is 0 Å². The number of likely N-dealkylation sites (N-methyl/N-ethyl adjacent to an activating group) is 1. The Labute approximate surface area is 208 Å². The lowest BCUT2D eigenvalue weighted by molar-refractivity contribution is -0.151. The second kappa shape index (κ2) is 8.42. The second-order valence-corrected chi connectivity index (χ2v) is 9.30. The van der Waals surface area contributed by atoms with Gasteiger partial charge in [0.15, 0.2) is 0 Å². The van der Waals surface area contributed by atoms with Gasteiger partial charge in [-0.05, 0) is 23.3 Å². The summed E-state index contributed by atoms with van der Waals surface area (Å²) in [7, 11) is 1.46. The van der Waals surface area contributed by atoms with Crippen molar-refractivity contribution in [3.63, 3.8) is 0 Å². The van der Waals surface area contributed by atoms with Crippen molar-refractivity contribution in [3.8, 4) is 0 Å². The summed E-state index contributed by atoms with van der Waals surface area (Å²) in [4.78, 5) is 54.8. The molecule has 0 saturated carbocycles. The molecule has 0 bridgehead atoms. The van der Waals surface area contributed by atoms with Crippen LogP contribution in [0.3, 0.4) is 0 Å². The van der Waals surface area contributed by atoms with E-state index in [1.54, 1.807) is 24.3 Å². The Morgan fingerprint density at radius 1 is 0.667 bits per heavy atom. The fourth-order valence-corrected chi connectivity index (χ4v) is 5.77. The summed E-state index contributed by atoms with van der Waals surface area (Å²) in [5.41, 5.74) is 2.07. The molecule has 0 radical (unpaired) electrons. The van der Waals surface area contributed by atoms with Crippen molar-refractivity contribution in [1.82, 2.24) is 20.2 Å². The van der Waals surface area contributed by atoms with Gasteiger partial charge in [-0.15, -0.1) is 0 Å². The first kappa shape index (κ1) is 22.2. The number of hydrogen-bond donors (Lipinski definition) is 1. The number of nitrogens with one attached hydrogen (secondary N) is 1. The van der Waals surface area contributed by atoms with E-state index in [1.807, 2.05) is 71.7 Å². The van der Waals surface area contributed by atoms with Gasteiger partial charge in [0.25, 0.3) is 17.7 Å². The zero-order valence-electron chi connectivity index (χ0n) is 19.5. The van der Waals surface area contributed by atoms with Crippen LogP contribution in [0.25, 0.3) is 0 Å². The Hall–Kier alpha value is -4.30. The van der Waals surface area contributed by atoms with Crippen molar-refractivity contribution in [1.29, 1.82) is 0 Å². The zero-order valence-corrected chi connectivity index (χ0v) is 19.5. The minimum absolute atomic E-state index is 0.308. The number of carbonyl (C=O) groups excluding carboxylic acids is 4. The fourth-order valence-electron chi connectivity index (χ4n) is 5.77. The van der Waals surface area contributed by atoms with Crippen LogP contribution in [0.2, 0.25) is 0 Å². The highest BCUT2D eigenvalue weighted by molar-refractivity contribution is 6.10. The minimum Gasteiger partial charge on any atom is -0.338 e. The smallest absolute Gasteiger partial charge is 0.262 e. The zero-order chi connectivity index (χ0) is 25.0. The van der Waals surface area contributed by atoms with E-state index in [9.17, 15) is 19.2 Å². The molecule has 36 heavy (non-hydrogen) atoms. The molecule has 3 heterocycles. The molecule has 8 nitrogen and oxygen atoms in total. The number of rotatable bonds is 4. The van der Waals surface area contributed by atoms with Crippen molar-refractivity contribution in [2.45, 2.75) is 24.2 Å². The van der Waals surface area contributed by atoms with Gasteiger partial charge in [-0.3, -0.25) is 29.1 Å². The molecule has 0 aliphatic carbocycles. The number of benzene rings is 3. The highest BCUT2D eigenvalue weighted by Crippen LogP contribution is 2.53. The summed E-state index contributed by atoms with van der Waals surface area (Å²) in [6.45, 7) is 0. The summed E-state index contributed by atoms with van der Waals surface area (Å²) in [6, 6.07) is 24.5. The summed E-state index contributed by atoms with van der Waals surface area (Å²) in [6.07, 6.45) is 0. The van der Waals surface area contributed by atoms with E-state index >= 15 is 0 Å². The van der Waals surface area contributed by atoms with Crippen LogP contribution in [0.5, 0.6) is 0 Å². The van der Waals surface area contributed by atoms with E-state index in [1.165, 1.54) is 12.1 Å². The molecule has 3 aliphatic rings. The Balaban J connectivity index is 1.49. The summed E-state index contributed by atoms with van der Waals surface area (Å²) < 4.78 is 0. The Bertz CT molecular complexity index is 1350. The number of nitrogens with zero attached hydrogens (tertiary/aromatic N) is 3. The summed E-state index contributed by atoms with van der Waals surface area (Å²) in [5.74, 6) is -2.23. The van der Waals surface area contributed by atoms with Crippen LogP contribution in [0.1, 0.15) is 33.6 Å². The molecule has 3 aromatic carbocycles. The minimum atomic E-state index is -0.954. The van der Waals surface area contributed by atoms with Crippen molar-refractivity contribution < 1.29 is 19.2 Å². The molecule has 1 N–H and O–H groups in total. The number of fused-ring (bicyclic) bond motifs is 3. The number of carbonyl (C=O) groups is 4. The van der Waals surface area contributed by atoms with Gasteiger partial charge in [0.05, 0.1) is 18.0 Å². The normalized spacial score (nSPS) is 27.4. The number of amides is 4. The average molecular weight is 481 g/mol. The third-order valence-corrected chi connectivity index (χ3v) is 7.37. The molecule has 180 valence electrons. The van der Waals surface area contributed by atoms with Crippen LogP contribution in [0, 0.1) is 5.92 Å². The maximum absolute atomic E-state index is 14.0. The second-order valence-electron chi connectivity index (χ2n) is 9.30. The number of hydrogen-bond acceptors (Lipinski definition) is 5. The van der Waals surface area contributed by atoms with Crippen LogP contribution in [0.15, 0.2) is 91.0 Å². The maximum Gasteiger partial charge on any atom is 0.262 e. The van der Waals surface area contributed by atoms with E-state index in [0.717, 1.165) is 16.0 Å². The van der Waals surface area contributed by atoms with Crippen molar-refractivity contribution in [3.05, 3.63) is 108 Å². The molecule has 6 rings (SSSR count). The lowest BCUT2D eigenvalue weighted by atomic mass is 9.87. The SMILES string of the molecule is CN1C(=O)[C@H]2[C@@H](C1=O)N1C(=O)[C@H](NC(=O)c3ccccc3)[C@@H](c3ccccc3)N1[C@H]2c1ccccc1. The van der Waals surface area contributed by atoms with Gasteiger partial charge in [-0.2, -0.15) is 5.01 Å². The lowest BCUT2D eigenvalue weighted by Gasteiger charge is -2.34. The highest BCUT2D eigenvalue weighted by atomic mass is 16.2. The van der Waals surface area contributed by atoms with E-state index in [4.69, 9.17) is 0 Å². The third-order valence-electron chi connectivity index (χ3n) is 7.37. The molecule has 5 atom stereocenters. The lowest BCUT2D eigenvalue weighted by Crippen LogP contribution is -2.48. The van der Waals surface area contributed by atoms with Crippen LogP contribution in [0.4, 0.5) is 0 Å². The van der Waals surface area contributed by atoms with E-state index < -0.39 is 41.9 Å². The Kier molecular flexibility index (Phi) is 5.19. The average Bonchev–Trinajstić information content (AvgIpc) is 3.48. The van der Waals surface area contributed by atoms with Gasteiger partial charge in [-0.1, -0.05) is 78.9 Å². The van der Waals surface area contributed by atoms with Gasteiger partial charge in [0, 0.05) is 12.6 Å². The van der Waals surface area contributed by atoms with E-state index in [-0.39, 0.29) is 11.8 Å². The molecule has 3 fully saturated rings. The molecular weight excluding hydrogens is 456 g/mol. The molecular formula is C28H24N4O4. The first-order chi connectivity index (χ1) is 17.5. The molecule has 8 heteroatoms. The maximum atomic E-state index is 14.0. The quantitative estimate of drug-likeness (QED) is 0.579. The molecule has 0 spiro atoms. The first-order valence-corrected chi connectivity index (χ1v) is 11.9. The Morgan fingerprint density at radius 3 is 1.78 bits per heavy atom. The number of likely N-dealkylation sites (tertiary alicyclic amines) is 1. The fraction of sp³-hybridized carbons (Fsp3) is 0.214. The molecule has 0 aromatic heterocycles. The molecule has 0 unspecified atom stereocenters. The van der Waals surface area contributed by atoms with Crippen molar-refractivity contribution >= 4 is 23.6 Å². The van der Waals surface area contributed by atoms with Crippen molar-refractivity contribution in [2.75, 3.05) is 7.05 Å². The largest absolute Gasteiger partial charge is 0.338 e. The van der Waals surface area contributed by atoms with Gasteiger partial charge in [0.1, 0.15) is 12.1 Å². The van der Waals surface area contributed by atoms with E-state index in [2.05, 4.69) is 5.32 Å². The molecule has 3 aliphatic heterocycles. The summed E-state index contributed by atoms with van der Waals surface area (Å²) >= 11 is 0. The number of hydrazine groups is 1. The van der Waals surface area contributed by atoms with Crippen LogP contribution >= 0.6 is 0 Å². The van der Waals surface area contributed by atoms with Crippen LogP contribution in [-0.2, 0) is 14.4 Å². The Morgan fingerprint density at radius 2 is 1.19 bits per heavy atom.